The number of halogens is 2. The van der Waals surface area contributed by atoms with Crippen LogP contribution in [0.1, 0.15) is 30.5 Å². The van der Waals surface area contributed by atoms with Crippen molar-refractivity contribution in [1.82, 2.24) is 25.0 Å². The molecule has 2 aliphatic heterocycles. The lowest BCUT2D eigenvalue weighted by Crippen LogP contribution is -2.58. The number of thioether (sulfide) groups is 1. The first-order valence-corrected chi connectivity index (χ1v) is 16.7. The van der Waals surface area contributed by atoms with Gasteiger partial charge in [0, 0.05) is 77.3 Å². The normalized spacial score (nSPS) is 21.0. The molecule has 2 N–H and O–H groups in total. The molecule has 224 valence electrons. The van der Waals surface area contributed by atoms with Gasteiger partial charge in [0.1, 0.15) is 4.75 Å². The van der Waals surface area contributed by atoms with Gasteiger partial charge < -0.3 is 20.1 Å². The zero-order valence-corrected chi connectivity index (χ0v) is 27.2. The van der Waals surface area contributed by atoms with Crippen molar-refractivity contribution in [3.8, 4) is 0 Å². The van der Waals surface area contributed by atoms with Gasteiger partial charge in [0.15, 0.2) is 0 Å². The number of H-pyrrole nitrogens is 1. The highest BCUT2D eigenvalue weighted by atomic mass is 79.9. The summed E-state index contributed by atoms with van der Waals surface area (Å²) in [5, 5.41) is 4.63. The summed E-state index contributed by atoms with van der Waals surface area (Å²) in [4.78, 5) is 38.3. The van der Waals surface area contributed by atoms with Crippen molar-refractivity contribution < 1.29 is 9.59 Å². The molecule has 2 saturated heterocycles. The van der Waals surface area contributed by atoms with Crippen LogP contribution in [0.2, 0.25) is 5.02 Å². The number of nitrogens with one attached hydrogen (secondary N) is 2. The second kappa shape index (κ2) is 12.9. The summed E-state index contributed by atoms with van der Waals surface area (Å²) in [6, 6.07) is 24.3. The molecule has 7 nitrogen and oxygen atoms in total. The number of aromatic nitrogens is 1. The average molecular weight is 681 g/mol. The monoisotopic (exact) mass is 679 g/mol. The number of likely N-dealkylation sites (tertiary alicyclic amines) is 1. The molecule has 0 spiro atoms. The summed E-state index contributed by atoms with van der Waals surface area (Å²) in [6.45, 7) is 6.04. The Morgan fingerprint density at radius 3 is 2.44 bits per heavy atom. The molecule has 0 saturated carbocycles. The van der Waals surface area contributed by atoms with Crippen molar-refractivity contribution in [1.29, 1.82) is 0 Å². The lowest BCUT2D eigenvalue weighted by Gasteiger charge is -2.42. The summed E-state index contributed by atoms with van der Waals surface area (Å²) in [7, 11) is 0. The van der Waals surface area contributed by atoms with Gasteiger partial charge in [-0.05, 0) is 60.9 Å². The lowest BCUT2D eigenvalue weighted by molar-refractivity contribution is -0.136. The van der Waals surface area contributed by atoms with Crippen LogP contribution in [0.15, 0.2) is 88.4 Å². The van der Waals surface area contributed by atoms with Crippen LogP contribution in [0.5, 0.6) is 0 Å². The number of hydrogen-bond acceptors (Lipinski definition) is 4. The van der Waals surface area contributed by atoms with E-state index in [0.717, 1.165) is 32.4 Å². The molecule has 1 aromatic heterocycles. The predicted molar refractivity (Wildman–Crippen MR) is 177 cm³/mol. The van der Waals surface area contributed by atoms with Crippen molar-refractivity contribution in [2.45, 2.75) is 35.6 Å². The molecule has 3 heterocycles. The third-order valence-corrected chi connectivity index (χ3v) is 10.7. The van der Waals surface area contributed by atoms with E-state index in [4.69, 9.17) is 11.6 Å². The number of piperazine rings is 1. The molecule has 10 heteroatoms. The third-order valence-electron chi connectivity index (χ3n) is 8.43. The van der Waals surface area contributed by atoms with E-state index in [0.29, 0.717) is 50.7 Å². The summed E-state index contributed by atoms with van der Waals surface area (Å²) >= 11 is 11.6. The zero-order valence-electron chi connectivity index (χ0n) is 24.1. The Bertz CT molecular complexity index is 1590. The van der Waals surface area contributed by atoms with E-state index in [1.165, 1.54) is 5.56 Å². The van der Waals surface area contributed by atoms with E-state index < -0.39 is 4.75 Å². The Morgan fingerprint density at radius 2 is 1.72 bits per heavy atom. The van der Waals surface area contributed by atoms with E-state index in [1.807, 2.05) is 42.2 Å². The zero-order chi connectivity index (χ0) is 30.0. The average Bonchev–Trinajstić information content (AvgIpc) is 3.59. The Hall–Kier alpha value is -2.98. The first kappa shape index (κ1) is 30.1. The molecular weight excluding hydrogens is 646 g/mol. The number of rotatable bonds is 7. The van der Waals surface area contributed by atoms with Crippen LogP contribution in [-0.2, 0) is 11.3 Å². The van der Waals surface area contributed by atoms with Crippen molar-refractivity contribution >= 4 is 62.1 Å². The standard InChI is InChI=1S/C33H35BrClN5O2S/c1-2-36-32(42)39-18-16-38(17-19-39)31(41)33(43-26-6-4-3-5-7-26)14-15-40(22-23-8-10-24(34)11-9-23)30(33)28-21-37-29-20-25(35)12-13-27(28)29/h3-13,20-21,30,37H,2,14-19,22H2,1H3,(H,36,42). The van der Waals surface area contributed by atoms with Crippen LogP contribution < -0.4 is 5.32 Å². The number of carbonyl (C=O) groups excluding carboxylic acids is 2. The number of nitrogens with zero attached hydrogens (tertiary/aromatic N) is 3. The Balaban J connectivity index is 1.42. The minimum Gasteiger partial charge on any atom is -0.361 e. The number of hydrogen-bond donors (Lipinski definition) is 2. The van der Waals surface area contributed by atoms with Crippen molar-refractivity contribution in [3.63, 3.8) is 0 Å². The smallest absolute Gasteiger partial charge is 0.317 e. The van der Waals surface area contributed by atoms with Crippen molar-refractivity contribution in [2.24, 2.45) is 0 Å². The maximum Gasteiger partial charge on any atom is 0.317 e. The van der Waals surface area contributed by atoms with Gasteiger partial charge in [0.2, 0.25) is 5.91 Å². The van der Waals surface area contributed by atoms with Gasteiger partial charge in [-0.25, -0.2) is 4.79 Å². The van der Waals surface area contributed by atoms with Crippen LogP contribution in [0.25, 0.3) is 10.9 Å². The van der Waals surface area contributed by atoms with Crippen molar-refractivity contribution in [2.75, 3.05) is 39.3 Å². The maximum absolute atomic E-state index is 15.0. The van der Waals surface area contributed by atoms with Crippen molar-refractivity contribution in [3.05, 3.63) is 99.6 Å². The molecule has 2 unspecified atom stereocenters. The van der Waals surface area contributed by atoms with E-state index in [9.17, 15) is 9.59 Å². The van der Waals surface area contributed by atoms with Crippen LogP contribution in [0.4, 0.5) is 4.79 Å². The molecule has 3 aromatic carbocycles. The lowest BCUT2D eigenvalue weighted by atomic mass is 9.90. The fourth-order valence-electron chi connectivity index (χ4n) is 6.38. The van der Waals surface area contributed by atoms with Gasteiger partial charge in [0.05, 0.1) is 6.04 Å². The Labute approximate surface area is 270 Å². The fourth-order valence-corrected chi connectivity index (χ4v) is 8.32. The number of benzene rings is 3. The second-order valence-corrected chi connectivity index (χ2v) is 13.9. The van der Waals surface area contributed by atoms with Gasteiger partial charge in [-0.2, -0.15) is 0 Å². The minimum atomic E-state index is -0.778. The van der Waals surface area contributed by atoms with Crippen LogP contribution in [0.3, 0.4) is 0 Å². The summed E-state index contributed by atoms with van der Waals surface area (Å²) in [5.74, 6) is 0.128. The van der Waals surface area contributed by atoms with Gasteiger partial charge >= 0.3 is 6.03 Å². The van der Waals surface area contributed by atoms with Gasteiger partial charge in [-0.1, -0.05) is 63.9 Å². The quantitative estimate of drug-likeness (QED) is 0.222. The van der Waals surface area contributed by atoms with E-state index >= 15 is 0 Å². The molecule has 3 amide bonds. The van der Waals surface area contributed by atoms with E-state index in [2.05, 4.69) is 79.8 Å². The van der Waals surface area contributed by atoms with Crippen LogP contribution in [-0.4, -0.2) is 75.6 Å². The van der Waals surface area contributed by atoms with Gasteiger partial charge in [-0.3, -0.25) is 9.69 Å². The largest absolute Gasteiger partial charge is 0.361 e. The highest BCUT2D eigenvalue weighted by Gasteiger charge is 2.56. The predicted octanol–water partition coefficient (Wildman–Crippen LogP) is 6.94. The van der Waals surface area contributed by atoms with E-state index in [-0.39, 0.29) is 18.0 Å². The number of urea groups is 1. The Morgan fingerprint density at radius 1 is 1.00 bits per heavy atom. The topological polar surface area (TPSA) is 71.7 Å². The van der Waals surface area contributed by atoms with Gasteiger partial charge in [0.25, 0.3) is 0 Å². The van der Waals surface area contributed by atoms with Crippen LogP contribution in [0, 0.1) is 0 Å². The second-order valence-electron chi connectivity index (χ2n) is 11.1. The maximum atomic E-state index is 15.0. The first-order chi connectivity index (χ1) is 20.9. The highest BCUT2D eigenvalue weighted by molar-refractivity contribution is 9.10. The third kappa shape index (κ3) is 6.18. The molecule has 6 rings (SSSR count). The molecule has 0 aliphatic carbocycles. The highest BCUT2D eigenvalue weighted by Crippen LogP contribution is 2.54. The molecular formula is C33H35BrClN5O2S. The van der Waals surface area contributed by atoms with Gasteiger partial charge in [-0.15, -0.1) is 11.8 Å². The number of fused-ring (bicyclic) bond motifs is 1. The minimum absolute atomic E-state index is 0.0696. The fraction of sp³-hybridized carbons (Fsp3) is 0.333. The van der Waals surface area contributed by atoms with Crippen LogP contribution >= 0.6 is 39.3 Å². The molecule has 4 aromatic rings. The molecule has 0 bridgehead atoms. The first-order valence-electron chi connectivity index (χ1n) is 14.7. The molecule has 0 radical (unpaired) electrons. The SMILES string of the molecule is CCNC(=O)N1CCN(C(=O)C2(Sc3ccccc3)CCN(Cc3ccc(Br)cc3)C2c2c[nH]c3cc(Cl)ccc23)CC1. The molecule has 2 atom stereocenters. The number of aromatic amines is 1. The molecule has 2 fully saturated rings. The summed E-state index contributed by atoms with van der Waals surface area (Å²) in [6.07, 6.45) is 2.76. The van der Waals surface area contributed by atoms with E-state index in [1.54, 1.807) is 16.7 Å². The number of amides is 3. The summed E-state index contributed by atoms with van der Waals surface area (Å²) in [5.41, 5.74) is 3.25. The number of carbonyl (C=O) groups is 2. The molecule has 2 aliphatic rings. The molecule has 43 heavy (non-hydrogen) atoms. The summed E-state index contributed by atoms with van der Waals surface area (Å²) < 4.78 is 0.262. The Kier molecular flexibility index (Phi) is 9.05.